The van der Waals surface area contributed by atoms with Crippen molar-refractivity contribution in [2.24, 2.45) is 17.8 Å². The Morgan fingerprint density at radius 3 is 2.58 bits per heavy atom. The van der Waals surface area contributed by atoms with E-state index in [2.05, 4.69) is 36.4 Å². The summed E-state index contributed by atoms with van der Waals surface area (Å²) in [6.45, 7) is 4.74. The molecule has 1 fully saturated rings. The standard InChI is InChI=1S/C11H21I/c1-3-10(8-12)7-11-5-4-9(2)6-11/h9-11H,3-8H2,1-2H3/t9-,10?,11?/m0/s1. The molecule has 0 aliphatic heterocycles. The van der Waals surface area contributed by atoms with Crippen molar-refractivity contribution >= 4 is 22.6 Å². The van der Waals surface area contributed by atoms with Crippen LogP contribution in [0, 0.1) is 17.8 Å². The molecule has 0 radical (unpaired) electrons. The SMILES string of the molecule is CCC(CI)CC1CC[C@H](C)C1. The molecular weight excluding hydrogens is 259 g/mol. The summed E-state index contributed by atoms with van der Waals surface area (Å²) in [5.74, 6) is 3.09. The van der Waals surface area contributed by atoms with Crippen LogP contribution in [0.4, 0.5) is 0 Å². The van der Waals surface area contributed by atoms with E-state index in [4.69, 9.17) is 0 Å². The third-order valence-corrected chi connectivity index (χ3v) is 4.51. The molecular formula is C11H21I. The van der Waals surface area contributed by atoms with Crippen LogP contribution in [-0.2, 0) is 0 Å². The minimum absolute atomic E-state index is 1.00. The van der Waals surface area contributed by atoms with Crippen molar-refractivity contribution in [2.75, 3.05) is 4.43 Å². The fourth-order valence-corrected chi connectivity index (χ4v) is 3.33. The summed E-state index contributed by atoms with van der Waals surface area (Å²) in [4.78, 5) is 0. The molecule has 1 aliphatic rings. The van der Waals surface area contributed by atoms with Gasteiger partial charge in [0.15, 0.2) is 0 Å². The molecule has 0 spiro atoms. The molecule has 72 valence electrons. The highest BCUT2D eigenvalue weighted by atomic mass is 127. The normalized spacial score (nSPS) is 32.2. The Morgan fingerprint density at radius 1 is 1.42 bits per heavy atom. The maximum atomic E-state index is 2.54. The van der Waals surface area contributed by atoms with Gasteiger partial charge in [0.1, 0.15) is 0 Å². The summed E-state index contributed by atoms with van der Waals surface area (Å²) in [6.07, 6.45) is 7.39. The summed E-state index contributed by atoms with van der Waals surface area (Å²) >= 11 is 2.54. The smallest absolute Gasteiger partial charge is 0.00237 e. The largest absolute Gasteiger partial charge is 0.0861 e. The predicted octanol–water partition coefficient (Wildman–Crippen LogP) is 4.27. The van der Waals surface area contributed by atoms with E-state index in [1.807, 2.05) is 0 Å². The van der Waals surface area contributed by atoms with Gasteiger partial charge in [-0.2, -0.15) is 0 Å². The molecule has 0 heterocycles. The van der Waals surface area contributed by atoms with E-state index >= 15 is 0 Å². The van der Waals surface area contributed by atoms with Gasteiger partial charge >= 0.3 is 0 Å². The average molecular weight is 280 g/mol. The molecule has 0 aromatic heterocycles. The molecule has 1 rings (SSSR count). The molecule has 12 heavy (non-hydrogen) atoms. The minimum atomic E-state index is 1.00. The van der Waals surface area contributed by atoms with E-state index in [1.54, 1.807) is 0 Å². The van der Waals surface area contributed by atoms with Crippen molar-refractivity contribution in [3.63, 3.8) is 0 Å². The van der Waals surface area contributed by atoms with Crippen LogP contribution in [0.2, 0.25) is 0 Å². The van der Waals surface area contributed by atoms with Crippen LogP contribution in [0.25, 0.3) is 0 Å². The number of halogens is 1. The lowest BCUT2D eigenvalue weighted by Crippen LogP contribution is -2.06. The van der Waals surface area contributed by atoms with Gasteiger partial charge < -0.3 is 0 Å². The molecule has 0 saturated heterocycles. The van der Waals surface area contributed by atoms with Crippen LogP contribution in [0.1, 0.15) is 46.0 Å². The second kappa shape index (κ2) is 5.46. The molecule has 3 atom stereocenters. The van der Waals surface area contributed by atoms with Crippen molar-refractivity contribution < 1.29 is 0 Å². The molecule has 0 N–H and O–H groups in total. The first kappa shape index (κ1) is 10.8. The van der Waals surface area contributed by atoms with Crippen molar-refractivity contribution in [3.8, 4) is 0 Å². The Balaban J connectivity index is 2.21. The van der Waals surface area contributed by atoms with Gasteiger partial charge in [-0.15, -0.1) is 0 Å². The van der Waals surface area contributed by atoms with Gasteiger partial charge in [0.05, 0.1) is 0 Å². The highest BCUT2D eigenvalue weighted by Gasteiger charge is 2.23. The maximum absolute atomic E-state index is 2.54. The van der Waals surface area contributed by atoms with E-state index in [1.165, 1.54) is 36.5 Å². The number of hydrogen-bond donors (Lipinski definition) is 0. The topological polar surface area (TPSA) is 0 Å². The molecule has 0 aromatic carbocycles. The Labute approximate surface area is 90.6 Å². The zero-order valence-corrected chi connectivity index (χ0v) is 10.5. The lowest BCUT2D eigenvalue weighted by Gasteiger charge is -2.16. The van der Waals surface area contributed by atoms with E-state index in [-0.39, 0.29) is 0 Å². The molecule has 0 nitrogen and oxygen atoms in total. The quantitative estimate of drug-likeness (QED) is 0.533. The van der Waals surface area contributed by atoms with Gasteiger partial charge in [0.2, 0.25) is 0 Å². The fourth-order valence-electron chi connectivity index (χ4n) is 2.35. The first-order valence-corrected chi connectivity index (χ1v) is 6.84. The van der Waals surface area contributed by atoms with Crippen LogP contribution in [0.3, 0.4) is 0 Å². The lowest BCUT2D eigenvalue weighted by molar-refractivity contribution is 0.388. The van der Waals surface area contributed by atoms with Gasteiger partial charge in [-0.25, -0.2) is 0 Å². The van der Waals surface area contributed by atoms with Gasteiger partial charge in [-0.1, -0.05) is 55.7 Å². The van der Waals surface area contributed by atoms with Gasteiger partial charge in [0, 0.05) is 4.43 Å². The molecule has 1 heteroatoms. The monoisotopic (exact) mass is 280 g/mol. The molecule has 1 saturated carbocycles. The molecule has 0 bridgehead atoms. The fraction of sp³-hybridized carbons (Fsp3) is 1.00. The second-order valence-corrected chi connectivity index (χ2v) is 5.33. The van der Waals surface area contributed by atoms with E-state index in [9.17, 15) is 0 Å². The molecule has 0 aromatic rings. The molecule has 2 unspecified atom stereocenters. The highest BCUT2D eigenvalue weighted by molar-refractivity contribution is 14.1. The Kier molecular flexibility index (Phi) is 4.92. The van der Waals surface area contributed by atoms with Crippen molar-refractivity contribution in [3.05, 3.63) is 0 Å². The first-order valence-electron chi connectivity index (χ1n) is 5.32. The maximum Gasteiger partial charge on any atom is 0.00237 e. The van der Waals surface area contributed by atoms with Crippen LogP contribution in [-0.4, -0.2) is 4.43 Å². The third kappa shape index (κ3) is 3.23. The summed E-state index contributed by atoms with van der Waals surface area (Å²) < 4.78 is 1.36. The lowest BCUT2D eigenvalue weighted by atomic mass is 9.92. The van der Waals surface area contributed by atoms with Crippen LogP contribution in [0.5, 0.6) is 0 Å². The average Bonchev–Trinajstić information content (AvgIpc) is 2.47. The van der Waals surface area contributed by atoms with Crippen molar-refractivity contribution in [1.82, 2.24) is 0 Å². The minimum Gasteiger partial charge on any atom is -0.0861 e. The molecule has 0 amide bonds. The summed E-state index contributed by atoms with van der Waals surface area (Å²) in [7, 11) is 0. The van der Waals surface area contributed by atoms with E-state index in [0.717, 1.165) is 17.8 Å². The number of alkyl halides is 1. The van der Waals surface area contributed by atoms with Crippen LogP contribution >= 0.6 is 22.6 Å². The van der Waals surface area contributed by atoms with E-state index in [0.29, 0.717) is 0 Å². The van der Waals surface area contributed by atoms with Crippen LogP contribution in [0.15, 0.2) is 0 Å². The predicted molar refractivity (Wildman–Crippen MR) is 63.8 cm³/mol. The van der Waals surface area contributed by atoms with Gasteiger partial charge in [-0.05, 0) is 30.6 Å². The Bertz CT molecular complexity index is 118. The molecule has 1 aliphatic carbocycles. The highest BCUT2D eigenvalue weighted by Crippen LogP contribution is 2.35. The number of hydrogen-bond acceptors (Lipinski definition) is 0. The zero-order chi connectivity index (χ0) is 8.97. The van der Waals surface area contributed by atoms with Crippen molar-refractivity contribution in [2.45, 2.75) is 46.0 Å². The van der Waals surface area contributed by atoms with Crippen molar-refractivity contribution in [1.29, 1.82) is 0 Å². The van der Waals surface area contributed by atoms with Gasteiger partial charge in [0.25, 0.3) is 0 Å². The number of rotatable bonds is 4. The van der Waals surface area contributed by atoms with E-state index < -0.39 is 0 Å². The third-order valence-electron chi connectivity index (χ3n) is 3.27. The van der Waals surface area contributed by atoms with Crippen LogP contribution < -0.4 is 0 Å². The Morgan fingerprint density at radius 2 is 2.17 bits per heavy atom. The Hall–Kier alpha value is 0.730. The first-order chi connectivity index (χ1) is 5.76. The summed E-state index contributed by atoms with van der Waals surface area (Å²) in [6, 6.07) is 0. The van der Waals surface area contributed by atoms with Gasteiger partial charge in [-0.3, -0.25) is 0 Å². The second-order valence-electron chi connectivity index (χ2n) is 4.45. The zero-order valence-electron chi connectivity index (χ0n) is 8.35. The summed E-state index contributed by atoms with van der Waals surface area (Å²) in [5, 5.41) is 0. The summed E-state index contributed by atoms with van der Waals surface area (Å²) in [5.41, 5.74) is 0.